The third-order valence-corrected chi connectivity index (χ3v) is 2.94. The van der Waals surface area contributed by atoms with E-state index in [1.165, 1.54) is 12.3 Å². The van der Waals surface area contributed by atoms with Gasteiger partial charge in [0.05, 0.1) is 11.9 Å². The van der Waals surface area contributed by atoms with Crippen molar-refractivity contribution in [2.24, 2.45) is 0 Å². The lowest BCUT2D eigenvalue weighted by Gasteiger charge is -2.03. The number of rotatable bonds is 5. The fourth-order valence-electron chi connectivity index (χ4n) is 0.776. The number of halogens is 1. The van der Waals surface area contributed by atoms with Gasteiger partial charge in [-0.1, -0.05) is 0 Å². The molecule has 74 valence electrons. The first kappa shape index (κ1) is 10.3. The van der Waals surface area contributed by atoms with Gasteiger partial charge < -0.3 is 0 Å². The van der Waals surface area contributed by atoms with Crippen LogP contribution in [0, 0.1) is 0 Å². The second-order valence-corrected chi connectivity index (χ2v) is 4.65. The Morgan fingerprint density at radius 1 is 1.62 bits per heavy atom. The number of sulfonamides is 1. The zero-order chi connectivity index (χ0) is 9.73. The van der Waals surface area contributed by atoms with Gasteiger partial charge in [-0.2, -0.15) is 5.10 Å². The molecule has 0 fully saturated rings. The summed E-state index contributed by atoms with van der Waals surface area (Å²) in [5.41, 5.74) is 0. The Bertz CT molecular complexity index is 335. The van der Waals surface area contributed by atoms with Crippen LogP contribution in [0.1, 0.15) is 6.42 Å². The molecule has 0 aliphatic heterocycles. The highest BCUT2D eigenvalue weighted by atomic mass is 35.5. The molecule has 0 bridgehead atoms. The number of hydrogen-bond acceptors (Lipinski definition) is 3. The number of nitrogens with zero attached hydrogens (tertiary/aromatic N) is 1. The number of nitrogens with one attached hydrogen (secondary N) is 2. The van der Waals surface area contributed by atoms with E-state index in [4.69, 9.17) is 11.6 Å². The van der Waals surface area contributed by atoms with Gasteiger partial charge in [0.15, 0.2) is 0 Å². The maximum Gasteiger partial charge on any atom is 0.233 e. The van der Waals surface area contributed by atoms with Crippen molar-refractivity contribution in [1.29, 1.82) is 0 Å². The van der Waals surface area contributed by atoms with E-state index >= 15 is 0 Å². The Balaban J connectivity index is 2.53. The van der Waals surface area contributed by atoms with Crippen LogP contribution < -0.4 is 4.72 Å². The number of alkyl halides is 1. The summed E-state index contributed by atoms with van der Waals surface area (Å²) in [5.74, 6) is 0.730. The molecule has 0 amide bonds. The molecule has 0 saturated carbocycles. The Labute approximate surface area is 81.5 Å². The quantitative estimate of drug-likeness (QED) is 0.725. The van der Waals surface area contributed by atoms with Gasteiger partial charge in [-0.25, -0.2) is 8.42 Å². The number of H-pyrrole nitrogens is 1. The van der Waals surface area contributed by atoms with Gasteiger partial charge in [-0.3, -0.25) is 9.82 Å². The monoisotopic (exact) mass is 223 g/mol. The van der Waals surface area contributed by atoms with Gasteiger partial charge in [-0.15, -0.1) is 11.6 Å². The molecule has 13 heavy (non-hydrogen) atoms. The lowest BCUT2D eigenvalue weighted by Crippen LogP contribution is -2.17. The molecule has 1 rings (SSSR count). The molecular weight excluding hydrogens is 214 g/mol. The maximum absolute atomic E-state index is 11.2. The van der Waals surface area contributed by atoms with Crippen LogP contribution in [0.25, 0.3) is 0 Å². The molecule has 1 heterocycles. The molecule has 0 aliphatic rings. The van der Waals surface area contributed by atoms with E-state index in [0.717, 1.165) is 0 Å². The largest absolute Gasteiger partial charge is 0.268 e. The van der Waals surface area contributed by atoms with Crippen molar-refractivity contribution < 1.29 is 8.42 Å². The van der Waals surface area contributed by atoms with Gasteiger partial charge in [0.1, 0.15) is 5.82 Å². The summed E-state index contributed by atoms with van der Waals surface area (Å²) >= 11 is 5.38. The van der Waals surface area contributed by atoms with Crippen LogP contribution in [-0.2, 0) is 10.0 Å². The second kappa shape index (κ2) is 4.48. The molecule has 5 nitrogen and oxygen atoms in total. The number of aromatic amines is 1. The minimum atomic E-state index is -3.27. The van der Waals surface area contributed by atoms with Crippen molar-refractivity contribution in [3.63, 3.8) is 0 Å². The van der Waals surface area contributed by atoms with E-state index in [9.17, 15) is 8.42 Å². The highest BCUT2D eigenvalue weighted by Crippen LogP contribution is 2.03. The Kier molecular flexibility index (Phi) is 3.56. The van der Waals surface area contributed by atoms with Gasteiger partial charge in [0, 0.05) is 11.9 Å². The zero-order valence-corrected chi connectivity index (χ0v) is 8.40. The van der Waals surface area contributed by atoms with Crippen LogP contribution in [0.5, 0.6) is 0 Å². The molecule has 0 unspecified atom stereocenters. The topological polar surface area (TPSA) is 74.8 Å². The summed E-state index contributed by atoms with van der Waals surface area (Å²) in [6, 6.07) is 1.54. The molecule has 0 radical (unpaired) electrons. The number of anilines is 1. The minimum absolute atomic E-state index is 0.0233. The summed E-state index contributed by atoms with van der Waals surface area (Å²) in [7, 11) is -3.27. The summed E-state index contributed by atoms with van der Waals surface area (Å²) in [6.07, 6.45) is 1.91. The van der Waals surface area contributed by atoms with Crippen LogP contribution in [0.4, 0.5) is 5.82 Å². The van der Waals surface area contributed by atoms with Crippen LogP contribution in [0.15, 0.2) is 12.3 Å². The molecule has 0 aromatic carbocycles. The van der Waals surface area contributed by atoms with Crippen LogP contribution in [0.3, 0.4) is 0 Å². The van der Waals surface area contributed by atoms with Crippen molar-refractivity contribution in [3.05, 3.63) is 12.3 Å². The predicted molar refractivity (Wildman–Crippen MR) is 51.3 cm³/mol. The van der Waals surface area contributed by atoms with Gasteiger partial charge >= 0.3 is 0 Å². The molecule has 2 N–H and O–H groups in total. The van der Waals surface area contributed by atoms with Gasteiger partial charge in [-0.05, 0) is 6.42 Å². The van der Waals surface area contributed by atoms with Crippen molar-refractivity contribution >= 4 is 27.4 Å². The van der Waals surface area contributed by atoms with E-state index in [0.29, 0.717) is 18.1 Å². The fourth-order valence-corrected chi connectivity index (χ4v) is 2.14. The third kappa shape index (κ3) is 3.65. The average Bonchev–Trinajstić information content (AvgIpc) is 2.52. The van der Waals surface area contributed by atoms with E-state index < -0.39 is 10.0 Å². The lowest BCUT2D eigenvalue weighted by atomic mass is 10.6. The molecule has 0 aliphatic carbocycles. The van der Waals surface area contributed by atoms with E-state index in [-0.39, 0.29) is 5.75 Å². The van der Waals surface area contributed by atoms with Crippen molar-refractivity contribution in [2.75, 3.05) is 16.4 Å². The molecule has 7 heteroatoms. The first-order valence-corrected chi connectivity index (χ1v) is 5.88. The normalized spacial score (nSPS) is 11.5. The van der Waals surface area contributed by atoms with Crippen molar-refractivity contribution in [2.45, 2.75) is 6.42 Å². The first-order chi connectivity index (χ1) is 6.14. The molecular formula is C6H10ClN3O2S. The van der Waals surface area contributed by atoms with Crippen LogP contribution in [-0.4, -0.2) is 30.2 Å². The van der Waals surface area contributed by atoms with Gasteiger partial charge in [0.25, 0.3) is 0 Å². The van der Waals surface area contributed by atoms with Crippen molar-refractivity contribution in [1.82, 2.24) is 10.2 Å². The molecule has 0 spiro atoms. The van der Waals surface area contributed by atoms with Crippen molar-refractivity contribution in [3.8, 4) is 0 Å². The summed E-state index contributed by atoms with van der Waals surface area (Å²) in [6.45, 7) is 0. The van der Waals surface area contributed by atoms with E-state index in [1.54, 1.807) is 0 Å². The average molecular weight is 224 g/mol. The highest BCUT2D eigenvalue weighted by molar-refractivity contribution is 7.92. The number of hydrogen-bond donors (Lipinski definition) is 2. The Morgan fingerprint density at radius 3 is 2.92 bits per heavy atom. The van der Waals surface area contributed by atoms with Crippen LogP contribution >= 0.6 is 11.6 Å². The highest BCUT2D eigenvalue weighted by Gasteiger charge is 2.09. The molecule has 0 saturated heterocycles. The smallest absolute Gasteiger partial charge is 0.233 e. The maximum atomic E-state index is 11.2. The predicted octanol–water partition coefficient (Wildman–Crippen LogP) is 0.780. The first-order valence-electron chi connectivity index (χ1n) is 3.70. The van der Waals surface area contributed by atoms with E-state index in [1.807, 2.05) is 0 Å². The Hall–Kier alpha value is -0.750. The third-order valence-electron chi connectivity index (χ3n) is 1.31. The van der Waals surface area contributed by atoms with Gasteiger partial charge in [0.2, 0.25) is 10.0 Å². The zero-order valence-electron chi connectivity index (χ0n) is 6.83. The molecule has 1 aromatic heterocycles. The van der Waals surface area contributed by atoms with E-state index in [2.05, 4.69) is 14.9 Å². The van der Waals surface area contributed by atoms with Crippen LogP contribution in [0.2, 0.25) is 0 Å². The molecule has 1 aromatic rings. The number of aromatic nitrogens is 2. The fraction of sp³-hybridized carbons (Fsp3) is 0.500. The summed E-state index contributed by atoms with van der Waals surface area (Å²) in [5, 5.41) is 6.11. The minimum Gasteiger partial charge on any atom is -0.268 e. The molecule has 0 atom stereocenters. The SMILES string of the molecule is O=S(=O)(CCCCl)Nc1ccn[nH]1. The standard InChI is InChI=1S/C6H10ClN3O2S/c7-3-1-5-13(11,12)10-6-2-4-8-9-6/h2,4H,1,3,5H2,(H2,8,9,10). The summed E-state index contributed by atoms with van der Waals surface area (Å²) < 4.78 is 24.8. The second-order valence-electron chi connectivity index (χ2n) is 2.43. The summed E-state index contributed by atoms with van der Waals surface area (Å²) in [4.78, 5) is 0. The Morgan fingerprint density at radius 2 is 2.38 bits per heavy atom. The lowest BCUT2D eigenvalue weighted by molar-refractivity contribution is 0.600.